The SMILES string of the molecule is CCOCCOc1ccccc1C(=O)Oc1ccc(C(=O)O)cc1Br. The van der Waals surface area contributed by atoms with Gasteiger partial charge in [-0.25, -0.2) is 9.59 Å². The van der Waals surface area contributed by atoms with Crippen molar-refractivity contribution in [3.63, 3.8) is 0 Å². The first-order valence-corrected chi connectivity index (χ1v) is 8.36. The Morgan fingerprint density at radius 3 is 2.52 bits per heavy atom. The van der Waals surface area contributed by atoms with E-state index in [1.807, 2.05) is 6.92 Å². The molecule has 6 nitrogen and oxygen atoms in total. The Hall–Kier alpha value is -2.38. The summed E-state index contributed by atoms with van der Waals surface area (Å²) in [7, 11) is 0. The zero-order valence-electron chi connectivity index (χ0n) is 13.5. The molecule has 0 aliphatic heterocycles. The Morgan fingerprint density at radius 1 is 1.08 bits per heavy atom. The maximum atomic E-state index is 12.4. The molecule has 0 aromatic heterocycles. The second-order valence-corrected chi connectivity index (χ2v) is 5.74. The minimum Gasteiger partial charge on any atom is -0.490 e. The summed E-state index contributed by atoms with van der Waals surface area (Å²) >= 11 is 3.21. The average molecular weight is 409 g/mol. The summed E-state index contributed by atoms with van der Waals surface area (Å²) in [5.74, 6) is -1.05. The van der Waals surface area contributed by atoms with Gasteiger partial charge in [0.15, 0.2) is 0 Å². The van der Waals surface area contributed by atoms with Gasteiger partial charge < -0.3 is 19.3 Å². The van der Waals surface area contributed by atoms with Gasteiger partial charge in [0.25, 0.3) is 0 Å². The molecule has 0 saturated heterocycles. The number of halogens is 1. The number of carboxylic acids is 1. The molecular formula is C18H17BrO6. The van der Waals surface area contributed by atoms with Crippen LogP contribution in [-0.2, 0) is 4.74 Å². The van der Waals surface area contributed by atoms with Crippen molar-refractivity contribution in [1.82, 2.24) is 0 Å². The summed E-state index contributed by atoms with van der Waals surface area (Å²) in [5, 5.41) is 8.96. The molecule has 7 heteroatoms. The summed E-state index contributed by atoms with van der Waals surface area (Å²) in [4.78, 5) is 23.4. The zero-order chi connectivity index (χ0) is 18.2. The van der Waals surface area contributed by atoms with Crippen LogP contribution >= 0.6 is 15.9 Å². The molecule has 0 aliphatic carbocycles. The van der Waals surface area contributed by atoms with Gasteiger partial charge >= 0.3 is 11.9 Å². The number of rotatable bonds is 8. The molecule has 0 fully saturated rings. The van der Waals surface area contributed by atoms with Gasteiger partial charge in [-0.3, -0.25) is 0 Å². The molecule has 0 radical (unpaired) electrons. The second-order valence-electron chi connectivity index (χ2n) is 4.88. The Bertz CT molecular complexity index is 759. The van der Waals surface area contributed by atoms with Gasteiger partial charge in [0.2, 0.25) is 0 Å². The summed E-state index contributed by atoms with van der Waals surface area (Å²) in [5.41, 5.74) is 0.361. The fourth-order valence-corrected chi connectivity index (χ4v) is 2.45. The Balaban J connectivity index is 2.12. The molecule has 0 spiro atoms. The highest BCUT2D eigenvalue weighted by molar-refractivity contribution is 9.10. The van der Waals surface area contributed by atoms with Crippen molar-refractivity contribution in [1.29, 1.82) is 0 Å². The maximum absolute atomic E-state index is 12.4. The van der Waals surface area contributed by atoms with E-state index in [2.05, 4.69) is 15.9 Å². The van der Waals surface area contributed by atoms with Crippen molar-refractivity contribution >= 4 is 27.9 Å². The van der Waals surface area contributed by atoms with E-state index in [1.54, 1.807) is 24.3 Å². The Kier molecular flexibility index (Phi) is 6.97. The fourth-order valence-electron chi connectivity index (χ4n) is 1.99. The number of hydrogen-bond acceptors (Lipinski definition) is 5. The van der Waals surface area contributed by atoms with Gasteiger partial charge in [0.05, 0.1) is 16.6 Å². The van der Waals surface area contributed by atoms with Crippen LogP contribution in [0.1, 0.15) is 27.6 Å². The van der Waals surface area contributed by atoms with Gasteiger partial charge in [0.1, 0.15) is 23.7 Å². The summed E-state index contributed by atoms with van der Waals surface area (Å²) in [6.07, 6.45) is 0. The van der Waals surface area contributed by atoms with Crippen LogP contribution in [0, 0.1) is 0 Å². The standard InChI is InChI=1S/C18H17BrO6/c1-2-23-9-10-24-15-6-4-3-5-13(15)18(22)25-16-8-7-12(17(20)21)11-14(16)19/h3-8,11H,2,9-10H2,1H3,(H,20,21). The van der Waals surface area contributed by atoms with Gasteiger partial charge in [-0.2, -0.15) is 0 Å². The van der Waals surface area contributed by atoms with Crippen LogP contribution in [0.4, 0.5) is 0 Å². The molecule has 0 heterocycles. The van der Waals surface area contributed by atoms with Crippen LogP contribution in [0.25, 0.3) is 0 Å². The van der Waals surface area contributed by atoms with Gasteiger partial charge in [0, 0.05) is 6.61 Å². The van der Waals surface area contributed by atoms with E-state index in [-0.39, 0.29) is 16.9 Å². The van der Waals surface area contributed by atoms with Gasteiger partial charge in [-0.15, -0.1) is 0 Å². The topological polar surface area (TPSA) is 82.1 Å². The average Bonchev–Trinajstić information content (AvgIpc) is 2.60. The Morgan fingerprint density at radius 2 is 1.84 bits per heavy atom. The molecule has 2 rings (SSSR count). The number of benzene rings is 2. The Labute approximate surface area is 153 Å². The summed E-state index contributed by atoms with van der Waals surface area (Å²) < 4.78 is 16.5. The predicted octanol–water partition coefficient (Wildman–Crippen LogP) is 3.78. The zero-order valence-corrected chi connectivity index (χ0v) is 15.1. The molecule has 2 aromatic rings. The van der Waals surface area contributed by atoms with Crippen molar-refractivity contribution in [2.24, 2.45) is 0 Å². The van der Waals surface area contributed by atoms with Crippen molar-refractivity contribution in [3.8, 4) is 11.5 Å². The van der Waals surface area contributed by atoms with E-state index in [0.717, 1.165) is 0 Å². The molecule has 2 aromatic carbocycles. The molecule has 132 valence electrons. The van der Waals surface area contributed by atoms with Gasteiger partial charge in [-0.1, -0.05) is 12.1 Å². The molecule has 1 N–H and O–H groups in total. The number of ether oxygens (including phenoxy) is 3. The van der Waals surface area contributed by atoms with E-state index in [0.29, 0.717) is 30.0 Å². The van der Waals surface area contributed by atoms with Crippen LogP contribution in [0.3, 0.4) is 0 Å². The third kappa shape index (κ3) is 5.30. The highest BCUT2D eigenvalue weighted by Gasteiger charge is 2.17. The minimum atomic E-state index is -1.06. The van der Waals surface area contributed by atoms with Crippen LogP contribution in [0.15, 0.2) is 46.9 Å². The summed E-state index contributed by atoms with van der Waals surface area (Å²) in [6, 6.07) is 10.9. The molecule has 0 unspecified atom stereocenters. The van der Waals surface area contributed by atoms with Crippen molar-refractivity contribution < 1.29 is 28.9 Å². The second kappa shape index (κ2) is 9.19. The fraction of sp³-hybridized carbons (Fsp3) is 0.222. The molecule has 0 aliphatic rings. The normalized spacial score (nSPS) is 10.3. The highest BCUT2D eigenvalue weighted by atomic mass is 79.9. The van der Waals surface area contributed by atoms with E-state index in [9.17, 15) is 9.59 Å². The van der Waals surface area contributed by atoms with Crippen molar-refractivity contribution in [2.45, 2.75) is 6.92 Å². The monoisotopic (exact) mass is 408 g/mol. The van der Waals surface area contributed by atoms with E-state index < -0.39 is 11.9 Å². The number of carbonyl (C=O) groups excluding carboxylic acids is 1. The molecule has 0 atom stereocenters. The number of esters is 1. The number of carbonyl (C=O) groups is 2. The van der Waals surface area contributed by atoms with E-state index >= 15 is 0 Å². The van der Waals surface area contributed by atoms with Crippen LogP contribution < -0.4 is 9.47 Å². The number of carboxylic acid groups (broad SMARTS) is 1. The molecule has 0 saturated carbocycles. The minimum absolute atomic E-state index is 0.0892. The molecule has 25 heavy (non-hydrogen) atoms. The van der Waals surface area contributed by atoms with Crippen LogP contribution in [-0.4, -0.2) is 36.9 Å². The van der Waals surface area contributed by atoms with Crippen LogP contribution in [0.2, 0.25) is 0 Å². The van der Waals surface area contributed by atoms with Crippen molar-refractivity contribution in [3.05, 3.63) is 58.1 Å². The lowest BCUT2D eigenvalue weighted by atomic mass is 10.2. The quantitative estimate of drug-likeness (QED) is 0.406. The predicted molar refractivity (Wildman–Crippen MR) is 94.5 cm³/mol. The van der Waals surface area contributed by atoms with Gasteiger partial charge in [-0.05, 0) is 53.2 Å². The first-order chi connectivity index (χ1) is 12.0. The first kappa shape index (κ1) is 19.0. The number of hydrogen-bond donors (Lipinski definition) is 1. The molecular weight excluding hydrogens is 392 g/mol. The first-order valence-electron chi connectivity index (χ1n) is 7.57. The summed E-state index contributed by atoms with van der Waals surface area (Å²) in [6.45, 7) is 3.21. The van der Waals surface area contributed by atoms with E-state index in [4.69, 9.17) is 19.3 Å². The maximum Gasteiger partial charge on any atom is 0.347 e. The molecule has 0 bridgehead atoms. The highest BCUT2D eigenvalue weighted by Crippen LogP contribution is 2.28. The van der Waals surface area contributed by atoms with Crippen molar-refractivity contribution in [2.75, 3.05) is 19.8 Å². The number of aromatic carboxylic acids is 1. The van der Waals surface area contributed by atoms with Crippen LogP contribution in [0.5, 0.6) is 11.5 Å². The lowest BCUT2D eigenvalue weighted by Crippen LogP contribution is -2.13. The molecule has 0 amide bonds. The largest absolute Gasteiger partial charge is 0.490 e. The third-order valence-electron chi connectivity index (χ3n) is 3.18. The van der Waals surface area contributed by atoms with E-state index in [1.165, 1.54) is 18.2 Å². The smallest absolute Gasteiger partial charge is 0.347 e. The lowest BCUT2D eigenvalue weighted by Gasteiger charge is -2.12. The number of para-hydroxylation sites is 1. The third-order valence-corrected chi connectivity index (χ3v) is 3.80. The lowest BCUT2D eigenvalue weighted by molar-refractivity contribution is 0.0696.